The molecule has 0 saturated heterocycles. The van der Waals surface area contributed by atoms with Gasteiger partial charge in [0.05, 0.1) is 24.7 Å². The van der Waals surface area contributed by atoms with Gasteiger partial charge in [-0.3, -0.25) is 9.13 Å². The molecule has 2 aliphatic rings. The molecule has 2 aliphatic carbocycles. The molecule has 0 radical (unpaired) electrons. The lowest BCUT2D eigenvalue weighted by atomic mass is 10.1. The lowest BCUT2D eigenvalue weighted by molar-refractivity contribution is -0.275. The summed E-state index contributed by atoms with van der Waals surface area (Å²) < 4.78 is 35.2. The standard InChI is InChI=1S/2C12H16N5O4P.2H3N/c2*1-12(20-21-22(2,18)19)4-3-8(5-12)17-7-16-9-10(13)14-6-15-11(9)17;;/h2*3-4,6-8H,5H2,1-2H3,(H,18,19)(H2,13,14,15);2*1H3/t2*8-,12+;;/m00../s1. The van der Waals surface area contributed by atoms with E-state index < -0.39 is 26.4 Å². The van der Waals surface area contributed by atoms with Crippen LogP contribution >= 0.6 is 15.2 Å². The molecule has 0 aromatic carbocycles. The molecule has 0 spiro atoms. The van der Waals surface area contributed by atoms with Crippen molar-refractivity contribution in [3.63, 3.8) is 0 Å². The molecule has 6 atom stereocenters. The van der Waals surface area contributed by atoms with Crippen molar-refractivity contribution in [2.45, 2.75) is 50.0 Å². The van der Waals surface area contributed by atoms with Gasteiger partial charge in [-0.15, -0.1) is 9.35 Å². The Balaban J connectivity index is 0.000000240. The molecule has 12 N–H and O–H groups in total. The summed E-state index contributed by atoms with van der Waals surface area (Å²) >= 11 is 0. The van der Waals surface area contributed by atoms with Crippen LogP contribution in [0.5, 0.6) is 0 Å². The van der Waals surface area contributed by atoms with Crippen molar-refractivity contribution >= 4 is 49.2 Å². The summed E-state index contributed by atoms with van der Waals surface area (Å²) in [6, 6.07) is -0.161. The Labute approximate surface area is 263 Å². The summed E-state index contributed by atoms with van der Waals surface area (Å²) in [5, 5.41) is 0. The maximum atomic E-state index is 11.2. The van der Waals surface area contributed by atoms with Crippen molar-refractivity contribution in [3.8, 4) is 0 Å². The zero-order valence-corrected chi connectivity index (χ0v) is 27.4. The number of nitrogen functional groups attached to an aromatic ring is 2. The number of fused-ring (bicyclic) bond motifs is 2. The first-order chi connectivity index (χ1) is 20.5. The molecule has 252 valence electrons. The van der Waals surface area contributed by atoms with Crippen molar-refractivity contribution < 1.29 is 38.0 Å². The second kappa shape index (κ2) is 13.6. The first-order valence-corrected chi connectivity index (χ1v) is 17.2. The van der Waals surface area contributed by atoms with E-state index in [-0.39, 0.29) is 24.4 Å². The predicted octanol–water partition coefficient (Wildman–Crippen LogP) is 3.19. The lowest BCUT2D eigenvalue weighted by Crippen LogP contribution is -2.25. The minimum atomic E-state index is -3.70. The number of anilines is 2. The predicted molar refractivity (Wildman–Crippen MR) is 168 cm³/mol. The van der Waals surface area contributed by atoms with Gasteiger partial charge in [-0.25, -0.2) is 39.7 Å². The van der Waals surface area contributed by atoms with E-state index in [1.54, 1.807) is 38.7 Å². The number of nitrogens with two attached hydrogens (primary N) is 2. The summed E-state index contributed by atoms with van der Waals surface area (Å²) in [5.41, 5.74) is 12.2. The lowest BCUT2D eigenvalue weighted by Gasteiger charge is -2.23. The summed E-state index contributed by atoms with van der Waals surface area (Å²) in [6.07, 6.45) is 14.4. The van der Waals surface area contributed by atoms with Gasteiger partial charge in [0, 0.05) is 26.2 Å². The van der Waals surface area contributed by atoms with Crippen molar-refractivity contribution in [1.29, 1.82) is 0 Å². The van der Waals surface area contributed by atoms with Crippen LogP contribution in [0.3, 0.4) is 0 Å². The highest BCUT2D eigenvalue weighted by Gasteiger charge is 2.37. The minimum absolute atomic E-state index is 0. The fraction of sp³-hybridized carbons (Fsp3) is 0.417. The largest absolute Gasteiger partial charge is 0.382 e. The first kappa shape index (κ1) is 36.8. The minimum Gasteiger partial charge on any atom is -0.382 e. The molecule has 22 heteroatoms. The van der Waals surface area contributed by atoms with Gasteiger partial charge >= 0.3 is 15.2 Å². The van der Waals surface area contributed by atoms with Gasteiger partial charge in [0.1, 0.15) is 34.9 Å². The van der Waals surface area contributed by atoms with Crippen LogP contribution in [0.1, 0.15) is 38.8 Å². The number of imidazole rings is 2. The molecule has 20 nitrogen and oxygen atoms in total. The van der Waals surface area contributed by atoms with Crippen LogP contribution in [0.25, 0.3) is 22.3 Å². The highest BCUT2D eigenvalue weighted by molar-refractivity contribution is 7.52. The molecule has 0 bridgehead atoms. The number of hydrogen-bond acceptors (Lipinski definition) is 16. The normalized spacial score (nSPS) is 26.1. The van der Waals surface area contributed by atoms with E-state index in [1.165, 1.54) is 12.7 Å². The molecular formula is C24H38N12O8P2. The van der Waals surface area contributed by atoms with E-state index in [1.807, 2.05) is 21.3 Å². The van der Waals surface area contributed by atoms with Gasteiger partial charge in [-0.1, -0.05) is 24.3 Å². The molecule has 46 heavy (non-hydrogen) atoms. The Bertz CT molecular complexity index is 1710. The first-order valence-electron chi connectivity index (χ1n) is 13.1. The summed E-state index contributed by atoms with van der Waals surface area (Å²) in [7, 11) is -7.40. The highest BCUT2D eigenvalue weighted by atomic mass is 31.2. The topological polar surface area (TPSA) is 321 Å². The Morgan fingerprint density at radius 3 is 1.46 bits per heavy atom. The molecule has 4 heterocycles. The van der Waals surface area contributed by atoms with Gasteiger partial charge in [0.15, 0.2) is 22.9 Å². The molecule has 0 amide bonds. The van der Waals surface area contributed by atoms with Crippen LogP contribution < -0.4 is 23.8 Å². The monoisotopic (exact) mass is 684 g/mol. The third-order valence-electron chi connectivity index (χ3n) is 6.79. The second-order valence-corrected chi connectivity index (χ2v) is 14.5. The summed E-state index contributed by atoms with van der Waals surface area (Å²) in [6.45, 7) is 5.66. The maximum Gasteiger partial charge on any atom is 0.352 e. The highest BCUT2D eigenvalue weighted by Crippen LogP contribution is 2.44. The van der Waals surface area contributed by atoms with E-state index in [0.717, 1.165) is 13.3 Å². The van der Waals surface area contributed by atoms with Crippen LogP contribution in [0.15, 0.2) is 49.6 Å². The quantitative estimate of drug-likeness (QED) is 0.0671. The average Bonchev–Trinajstić information content (AvgIpc) is 3.72. The molecule has 0 aliphatic heterocycles. The van der Waals surface area contributed by atoms with Gasteiger partial charge in [0.2, 0.25) is 0 Å². The Morgan fingerprint density at radius 2 is 1.11 bits per heavy atom. The molecular weight excluding hydrogens is 646 g/mol. The van der Waals surface area contributed by atoms with Crippen molar-refractivity contribution in [1.82, 2.24) is 51.3 Å². The molecule has 2 unspecified atom stereocenters. The van der Waals surface area contributed by atoms with E-state index in [4.69, 9.17) is 31.0 Å². The van der Waals surface area contributed by atoms with Gasteiger partial charge < -0.3 is 42.7 Å². The van der Waals surface area contributed by atoms with Crippen LogP contribution in [-0.2, 0) is 28.3 Å². The number of hydrogen-bond donors (Lipinski definition) is 6. The van der Waals surface area contributed by atoms with Gasteiger partial charge in [-0.2, -0.15) is 0 Å². The molecule has 4 aromatic rings. The maximum absolute atomic E-state index is 11.2. The van der Waals surface area contributed by atoms with Crippen molar-refractivity contribution in [2.24, 2.45) is 0 Å². The zero-order valence-electron chi connectivity index (χ0n) is 25.6. The van der Waals surface area contributed by atoms with Crippen LogP contribution in [0.2, 0.25) is 0 Å². The van der Waals surface area contributed by atoms with E-state index >= 15 is 0 Å². The Hall–Kier alpha value is -3.68. The number of nitrogens with zero attached hydrogens (tertiary/aromatic N) is 8. The van der Waals surface area contributed by atoms with Gasteiger partial charge in [0.25, 0.3) is 0 Å². The van der Waals surface area contributed by atoms with Crippen LogP contribution in [-0.4, -0.2) is 73.4 Å². The van der Waals surface area contributed by atoms with E-state index in [9.17, 15) is 9.13 Å². The number of rotatable bonds is 8. The summed E-state index contributed by atoms with van der Waals surface area (Å²) in [5.74, 6) is 0.639. The number of allylic oxidation sites excluding steroid dienone is 2. The van der Waals surface area contributed by atoms with E-state index in [2.05, 4.69) is 39.3 Å². The molecule has 0 saturated carbocycles. The molecule has 0 fully saturated rings. The van der Waals surface area contributed by atoms with Crippen molar-refractivity contribution in [3.05, 3.63) is 49.6 Å². The average molecular weight is 685 g/mol. The fourth-order valence-electron chi connectivity index (χ4n) is 4.77. The third-order valence-corrected chi connectivity index (χ3v) is 7.49. The van der Waals surface area contributed by atoms with Gasteiger partial charge in [-0.05, 0) is 13.8 Å². The van der Waals surface area contributed by atoms with Crippen LogP contribution in [0.4, 0.5) is 11.6 Å². The van der Waals surface area contributed by atoms with E-state index in [0.29, 0.717) is 46.8 Å². The number of aromatic nitrogens is 8. The van der Waals surface area contributed by atoms with Crippen molar-refractivity contribution in [2.75, 3.05) is 24.8 Å². The fourth-order valence-corrected chi connectivity index (χ4v) is 5.39. The Morgan fingerprint density at radius 1 is 0.739 bits per heavy atom. The molecule has 4 aromatic heterocycles. The third kappa shape index (κ3) is 8.37. The summed E-state index contributed by atoms with van der Waals surface area (Å²) in [4.78, 5) is 53.2. The SMILES string of the molecule is C[C@@]1(OOP(C)(=O)O)C=C[C@H](n2cnc3c(N)ncnc32)C1.C[C@@]1(OOP(C)(=O)O)C=C[C@H](n2cnc3c(N)ncnc32)C1.N.N. The van der Waals surface area contributed by atoms with Crippen LogP contribution in [0, 0.1) is 0 Å². The zero-order chi connectivity index (χ0) is 31.9. The second-order valence-electron chi connectivity index (χ2n) is 11.0. The molecule has 6 rings (SSSR count). The smallest absolute Gasteiger partial charge is 0.352 e. The Kier molecular flexibility index (Phi) is 10.9.